The van der Waals surface area contributed by atoms with E-state index in [4.69, 9.17) is 16.3 Å². The van der Waals surface area contributed by atoms with Crippen LogP contribution in [0.4, 0.5) is 0 Å². The molecular formula is C20H16ClNO3S. The molecule has 0 spiro atoms. The summed E-state index contributed by atoms with van der Waals surface area (Å²) >= 11 is 7.84. The minimum absolute atomic E-state index is 0.00790. The highest BCUT2D eigenvalue weighted by Gasteiger charge is 2.14. The van der Waals surface area contributed by atoms with Gasteiger partial charge in [-0.3, -0.25) is 4.79 Å². The summed E-state index contributed by atoms with van der Waals surface area (Å²) in [6.07, 6.45) is 1.91. The lowest BCUT2D eigenvalue weighted by Crippen LogP contribution is -2.00. The number of carboxylic acid groups (broad SMARTS) is 1. The van der Waals surface area contributed by atoms with Crippen molar-refractivity contribution < 1.29 is 14.6 Å². The topological polar surface area (TPSA) is 51.5 Å². The van der Waals surface area contributed by atoms with Crippen molar-refractivity contribution in [3.8, 4) is 5.75 Å². The molecule has 0 unspecified atom stereocenters. The predicted octanol–water partition coefficient (Wildman–Crippen LogP) is 5.19. The van der Waals surface area contributed by atoms with Gasteiger partial charge in [-0.05, 0) is 52.2 Å². The molecule has 4 rings (SSSR count). The summed E-state index contributed by atoms with van der Waals surface area (Å²) in [6, 6.07) is 11.6. The Hall–Kier alpha value is -2.50. The standard InChI is InChI=1S/C20H16ClNO3S/c1-25-15-3-4-16-12(6-20(23)24)9-22(18(16)8-15)10-13-11-26-19-5-2-14(21)7-17(13)19/h2-5,7-9,11H,6,10H2,1H3,(H,23,24). The molecule has 0 saturated heterocycles. The average molecular weight is 386 g/mol. The van der Waals surface area contributed by atoms with Crippen LogP contribution < -0.4 is 4.74 Å². The van der Waals surface area contributed by atoms with Gasteiger partial charge in [-0.1, -0.05) is 11.6 Å². The van der Waals surface area contributed by atoms with Crippen molar-refractivity contribution in [1.29, 1.82) is 0 Å². The summed E-state index contributed by atoms with van der Waals surface area (Å²) in [4.78, 5) is 11.2. The molecule has 0 radical (unpaired) electrons. The minimum atomic E-state index is -0.840. The summed E-state index contributed by atoms with van der Waals surface area (Å²) < 4.78 is 8.61. The normalized spacial score (nSPS) is 11.3. The molecule has 0 atom stereocenters. The number of hydrogen-bond acceptors (Lipinski definition) is 3. The smallest absolute Gasteiger partial charge is 0.307 e. The summed E-state index contributed by atoms with van der Waals surface area (Å²) in [5.74, 6) is -0.0930. The van der Waals surface area contributed by atoms with Crippen molar-refractivity contribution >= 4 is 49.9 Å². The second-order valence-corrected chi connectivity index (χ2v) is 7.48. The Balaban J connectivity index is 1.84. The van der Waals surface area contributed by atoms with E-state index < -0.39 is 5.97 Å². The zero-order chi connectivity index (χ0) is 18.3. The van der Waals surface area contributed by atoms with Crippen molar-refractivity contribution in [2.45, 2.75) is 13.0 Å². The molecule has 0 fully saturated rings. The highest BCUT2D eigenvalue weighted by molar-refractivity contribution is 7.17. The lowest BCUT2D eigenvalue weighted by molar-refractivity contribution is -0.136. The summed E-state index contributed by atoms with van der Waals surface area (Å²) in [7, 11) is 1.63. The Bertz CT molecular complexity index is 1130. The van der Waals surface area contributed by atoms with E-state index >= 15 is 0 Å². The molecule has 2 heterocycles. The van der Waals surface area contributed by atoms with Crippen molar-refractivity contribution in [1.82, 2.24) is 4.57 Å². The van der Waals surface area contributed by atoms with Gasteiger partial charge in [-0.15, -0.1) is 11.3 Å². The van der Waals surface area contributed by atoms with E-state index in [2.05, 4.69) is 9.95 Å². The summed E-state index contributed by atoms with van der Waals surface area (Å²) in [6.45, 7) is 0.642. The molecule has 6 heteroatoms. The number of ether oxygens (including phenoxy) is 1. The molecule has 2 aromatic heterocycles. The lowest BCUT2D eigenvalue weighted by Gasteiger charge is -2.06. The van der Waals surface area contributed by atoms with Crippen LogP contribution in [0, 0.1) is 0 Å². The van der Waals surface area contributed by atoms with Gasteiger partial charge in [0.25, 0.3) is 0 Å². The van der Waals surface area contributed by atoms with Crippen LogP contribution in [-0.4, -0.2) is 22.8 Å². The van der Waals surface area contributed by atoms with Crippen molar-refractivity contribution in [2.75, 3.05) is 7.11 Å². The number of halogens is 1. The molecule has 0 aliphatic carbocycles. The quantitative estimate of drug-likeness (QED) is 0.514. The molecule has 0 aliphatic heterocycles. The van der Waals surface area contributed by atoms with Gasteiger partial charge in [-0.2, -0.15) is 0 Å². The van der Waals surface area contributed by atoms with Crippen LogP contribution in [0.15, 0.2) is 48.0 Å². The SMILES string of the molecule is COc1ccc2c(CC(=O)O)cn(Cc3csc4ccc(Cl)cc34)c2c1. The Morgan fingerprint density at radius 1 is 1.19 bits per heavy atom. The number of hydrogen-bond donors (Lipinski definition) is 1. The molecule has 4 aromatic rings. The third kappa shape index (κ3) is 3.04. The first-order valence-electron chi connectivity index (χ1n) is 8.08. The zero-order valence-electron chi connectivity index (χ0n) is 14.0. The van der Waals surface area contributed by atoms with Gasteiger partial charge in [0.2, 0.25) is 0 Å². The predicted molar refractivity (Wildman–Crippen MR) is 106 cm³/mol. The van der Waals surface area contributed by atoms with E-state index in [0.29, 0.717) is 11.6 Å². The Labute approximate surface area is 159 Å². The van der Waals surface area contributed by atoms with Gasteiger partial charge in [-0.25, -0.2) is 0 Å². The molecule has 0 bridgehead atoms. The maximum atomic E-state index is 11.2. The number of carbonyl (C=O) groups is 1. The van der Waals surface area contributed by atoms with Gasteiger partial charge in [0, 0.05) is 33.9 Å². The number of nitrogens with zero attached hydrogens (tertiary/aromatic N) is 1. The highest BCUT2D eigenvalue weighted by Crippen LogP contribution is 2.32. The third-order valence-electron chi connectivity index (χ3n) is 4.47. The van der Waals surface area contributed by atoms with E-state index in [-0.39, 0.29) is 6.42 Å². The first-order chi connectivity index (χ1) is 12.5. The number of rotatable bonds is 5. The van der Waals surface area contributed by atoms with Crippen molar-refractivity contribution in [3.63, 3.8) is 0 Å². The van der Waals surface area contributed by atoms with Crippen LogP contribution in [-0.2, 0) is 17.8 Å². The van der Waals surface area contributed by atoms with Crippen LogP contribution in [0.1, 0.15) is 11.1 Å². The fraction of sp³-hybridized carbons (Fsp3) is 0.150. The molecule has 0 aliphatic rings. The average Bonchev–Trinajstić information content (AvgIpc) is 3.16. The Morgan fingerprint density at radius 2 is 2.04 bits per heavy atom. The van der Waals surface area contributed by atoms with Crippen LogP contribution in [0.25, 0.3) is 21.0 Å². The summed E-state index contributed by atoms with van der Waals surface area (Å²) in [5, 5.41) is 14.1. The number of methoxy groups -OCH3 is 1. The van der Waals surface area contributed by atoms with Gasteiger partial charge in [0.1, 0.15) is 5.75 Å². The number of aromatic nitrogens is 1. The zero-order valence-corrected chi connectivity index (χ0v) is 15.6. The Kier molecular flexibility index (Phi) is 4.34. The van der Waals surface area contributed by atoms with E-state index in [1.165, 1.54) is 4.70 Å². The van der Waals surface area contributed by atoms with E-state index in [0.717, 1.165) is 33.2 Å². The first kappa shape index (κ1) is 16.9. The van der Waals surface area contributed by atoms with Crippen LogP contribution in [0.3, 0.4) is 0 Å². The van der Waals surface area contributed by atoms with Gasteiger partial charge < -0.3 is 14.4 Å². The maximum absolute atomic E-state index is 11.2. The number of aliphatic carboxylic acids is 1. The molecule has 4 nitrogen and oxygen atoms in total. The van der Waals surface area contributed by atoms with Gasteiger partial charge in [0.05, 0.1) is 19.0 Å². The van der Waals surface area contributed by atoms with Crippen LogP contribution >= 0.6 is 22.9 Å². The Morgan fingerprint density at radius 3 is 2.81 bits per heavy atom. The number of thiophene rings is 1. The second-order valence-electron chi connectivity index (χ2n) is 6.14. The van der Waals surface area contributed by atoms with Crippen LogP contribution in [0.5, 0.6) is 5.75 Å². The van der Waals surface area contributed by atoms with E-state index in [1.807, 2.05) is 42.6 Å². The largest absolute Gasteiger partial charge is 0.497 e. The van der Waals surface area contributed by atoms with Gasteiger partial charge in [0.15, 0.2) is 0 Å². The molecule has 26 heavy (non-hydrogen) atoms. The fourth-order valence-corrected chi connectivity index (χ4v) is 4.38. The molecular weight excluding hydrogens is 370 g/mol. The minimum Gasteiger partial charge on any atom is -0.497 e. The van der Waals surface area contributed by atoms with Crippen LogP contribution in [0.2, 0.25) is 5.02 Å². The second kappa shape index (κ2) is 6.67. The highest BCUT2D eigenvalue weighted by atomic mass is 35.5. The van der Waals surface area contributed by atoms with E-state index in [1.54, 1.807) is 18.4 Å². The molecule has 2 aromatic carbocycles. The molecule has 1 N–H and O–H groups in total. The van der Waals surface area contributed by atoms with Crippen molar-refractivity contribution in [3.05, 3.63) is 64.1 Å². The third-order valence-corrected chi connectivity index (χ3v) is 5.72. The van der Waals surface area contributed by atoms with E-state index in [9.17, 15) is 9.90 Å². The number of benzene rings is 2. The monoisotopic (exact) mass is 385 g/mol. The fourth-order valence-electron chi connectivity index (χ4n) is 3.27. The first-order valence-corrected chi connectivity index (χ1v) is 9.34. The number of fused-ring (bicyclic) bond motifs is 2. The molecule has 132 valence electrons. The molecule has 0 amide bonds. The lowest BCUT2D eigenvalue weighted by atomic mass is 10.1. The maximum Gasteiger partial charge on any atom is 0.307 e. The van der Waals surface area contributed by atoms with Crippen molar-refractivity contribution in [2.24, 2.45) is 0 Å². The molecule has 0 saturated carbocycles. The number of carboxylic acids is 1. The van der Waals surface area contributed by atoms with Gasteiger partial charge >= 0.3 is 5.97 Å². The summed E-state index contributed by atoms with van der Waals surface area (Å²) in [5.41, 5.74) is 2.92.